The molecular weight excluding hydrogens is 442 g/mol. The van der Waals surface area contributed by atoms with Crippen LogP contribution in [0.5, 0.6) is 11.5 Å². The molecular formula is C22H22F2N2O3S2. The topological polar surface area (TPSA) is 60.5 Å². The van der Waals surface area contributed by atoms with Crippen LogP contribution in [0.15, 0.2) is 52.2 Å². The van der Waals surface area contributed by atoms with Gasteiger partial charge in [0, 0.05) is 28.9 Å². The molecule has 0 saturated carbocycles. The van der Waals surface area contributed by atoms with Crippen LogP contribution in [0.3, 0.4) is 0 Å². The lowest BCUT2D eigenvalue weighted by molar-refractivity contribution is -0.0512. The third kappa shape index (κ3) is 6.93. The Hall–Kier alpha value is -2.65. The molecule has 164 valence electrons. The Balaban J connectivity index is 1.49. The van der Waals surface area contributed by atoms with Crippen LogP contribution in [0.25, 0.3) is 0 Å². The molecule has 0 unspecified atom stereocenters. The number of halogens is 2. The van der Waals surface area contributed by atoms with Gasteiger partial charge in [0.05, 0.1) is 7.11 Å². The summed E-state index contributed by atoms with van der Waals surface area (Å²) in [5.41, 5.74) is 3.45. The van der Waals surface area contributed by atoms with Gasteiger partial charge in [0.15, 0.2) is 11.5 Å². The number of amides is 1. The monoisotopic (exact) mass is 464 g/mol. The van der Waals surface area contributed by atoms with Gasteiger partial charge in [-0.25, -0.2) is 4.98 Å². The highest BCUT2D eigenvalue weighted by Gasteiger charge is 2.12. The van der Waals surface area contributed by atoms with E-state index in [4.69, 9.17) is 4.74 Å². The van der Waals surface area contributed by atoms with Crippen LogP contribution in [-0.2, 0) is 12.2 Å². The summed E-state index contributed by atoms with van der Waals surface area (Å²) in [6.07, 6.45) is 0.470. The fourth-order valence-electron chi connectivity index (χ4n) is 2.78. The predicted octanol–water partition coefficient (Wildman–Crippen LogP) is 5.33. The minimum absolute atomic E-state index is 0.0253. The van der Waals surface area contributed by atoms with Gasteiger partial charge in [0.2, 0.25) is 0 Å². The number of thiazole rings is 1. The largest absolute Gasteiger partial charge is 0.493 e. The average Bonchev–Trinajstić information content (AvgIpc) is 3.17. The second-order valence-electron chi connectivity index (χ2n) is 6.61. The van der Waals surface area contributed by atoms with Crippen molar-refractivity contribution in [3.63, 3.8) is 0 Å². The van der Waals surface area contributed by atoms with Crippen molar-refractivity contribution >= 4 is 29.0 Å². The number of benzene rings is 2. The minimum Gasteiger partial charge on any atom is -0.493 e. The number of aromatic nitrogens is 1. The number of alkyl halides is 2. The summed E-state index contributed by atoms with van der Waals surface area (Å²) in [7, 11) is 1.39. The molecule has 2 aromatic carbocycles. The maximum atomic E-state index is 12.5. The molecule has 5 nitrogen and oxygen atoms in total. The third-order valence-corrected chi connectivity index (χ3v) is 6.53. The highest BCUT2D eigenvalue weighted by atomic mass is 32.2. The number of nitrogens with one attached hydrogen (secondary N) is 1. The van der Waals surface area contributed by atoms with E-state index >= 15 is 0 Å². The average molecular weight is 465 g/mol. The van der Waals surface area contributed by atoms with Crippen molar-refractivity contribution in [1.29, 1.82) is 0 Å². The maximum absolute atomic E-state index is 12.5. The molecule has 0 aliphatic heterocycles. The molecule has 9 heteroatoms. The number of hydrogen-bond acceptors (Lipinski definition) is 6. The predicted molar refractivity (Wildman–Crippen MR) is 119 cm³/mol. The Morgan fingerprint density at radius 3 is 2.55 bits per heavy atom. The van der Waals surface area contributed by atoms with Gasteiger partial charge in [0.1, 0.15) is 4.34 Å². The standard InChI is InChI=1S/C22H22F2N2O3S2/c1-14-12-30-22(26-14)31-13-16-3-6-17(7-4-16)20(27)25-10-9-15-5-8-18(28-2)19(11-15)29-21(23)24/h3-8,11-12,21H,9-10,13H2,1-2H3,(H,25,27). The molecule has 1 heterocycles. The van der Waals surface area contributed by atoms with Gasteiger partial charge < -0.3 is 14.8 Å². The zero-order valence-electron chi connectivity index (χ0n) is 17.1. The van der Waals surface area contributed by atoms with Gasteiger partial charge in [-0.3, -0.25) is 4.79 Å². The number of methoxy groups -OCH3 is 1. The smallest absolute Gasteiger partial charge is 0.387 e. The zero-order valence-corrected chi connectivity index (χ0v) is 18.7. The molecule has 0 bridgehead atoms. The van der Waals surface area contributed by atoms with Gasteiger partial charge in [-0.2, -0.15) is 8.78 Å². The van der Waals surface area contributed by atoms with Crippen molar-refractivity contribution in [2.45, 2.75) is 30.0 Å². The summed E-state index contributed by atoms with van der Waals surface area (Å²) < 4.78 is 35.6. The summed E-state index contributed by atoms with van der Waals surface area (Å²) in [6, 6.07) is 12.3. The van der Waals surface area contributed by atoms with E-state index in [0.29, 0.717) is 18.5 Å². The van der Waals surface area contributed by atoms with Crippen LogP contribution in [0.4, 0.5) is 8.78 Å². The second-order valence-corrected chi connectivity index (χ2v) is 8.69. The van der Waals surface area contributed by atoms with E-state index < -0.39 is 6.61 Å². The second kappa shape index (κ2) is 11.1. The zero-order chi connectivity index (χ0) is 22.2. The van der Waals surface area contributed by atoms with Crippen molar-refractivity contribution in [3.8, 4) is 11.5 Å². The highest BCUT2D eigenvalue weighted by molar-refractivity contribution is 8.00. The van der Waals surface area contributed by atoms with Crippen molar-refractivity contribution in [2.24, 2.45) is 0 Å². The van der Waals surface area contributed by atoms with E-state index in [-0.39, 0.29) is 17.4 Å². The SMILES string of the molecule is COc1ccc(CCNC(=O)c2ccc(CSc3nc(C)cs3)cc2)cc1OC(F)F. The fraction of sp³-hybridized carbons (Fsp3) is 0.273. The number of hydrogen-bond donors (Lipinski definition) is 1. The summed E-state index contributed by atoms with van der Waals surface area (Å²) in [5, 5.41) is 4.87. The first-order valence-electron chi connectivity index (χ1n) is 9.48. The summed E-state index contributed by atoms with van der Waals surface area (Å²) in [6.45, 7) is -0.602. The molecule has 1 amide bonds. The first-order chi connectivity index (χ1) is 14.9. The van der Waals surface area contributed by atoms with E-state index in [1.165, 1.54) is 13.2 Å². The van der Waals surface area contributed by atoms with E-state index in [0.717, 1.165) is 26.9 Å². The molecule has 0 aliphatic carbocycles. The van der Waals surface area contributed by atoms with Crippen molar-refractivity contribution < 1.29 is 23.0 Å². The van der Waals surface area contributed by atoms with E-state index in [1.807, 2.05) is 24.4 Å². The van der Waals surface area contributed by atoms with Crippen LogP contribution >= 0.6 is 23.1 Å². The van der Waals surface area contributed by atoms with Crippen LogP contribution < -0.4 is 14.8 Å². The maximum Gasteiger partial charge on any atom is 0.387 e. The normalized spacial score (nSPS) is 10.9. The van der Waals surface area contributed by atoms with E-state index in [2.05, 4.69) is 15.0 Å². The lowest BCUT2D eigenvalue weighted by Gasteiger charge is -2.12. The molecule has 0 saturated heterocycles. The Bertz CT molecular complexity index is 1010. The number of carbonyl (C=O) groups excluding carboxylic acids is 1. The lowest BCUT2D eigenvalue weighted by atomic mass is 10.1. The van der Waals surface area contributed by atoms with Crippen LogP contribution in [0, 0.1) is 6.92 Å². The van der Waals surface area contributed by atoms with Crippen LogP contribution in [0.1, 0.15) is 27.2 Å². The van der Waals surface area contributed by atoms with Gasteiger partial charge >= 0.3 is 6.61 Å². The first-order valence-corrected chi connectivity index (χ1v) is 11.3. The van der Waals surface area contributed by atoms with Gasteiger partial charge in [-0.05, 0) is 48.7 Å². The third-order valence-electron chi connectivity index (χ3n) is 4.32. The molecule has 0 atom stereocenters. The lowest BCUT2D eigenvalue weighted by Crippen LogP contribution is -2.25. The van der Waals surface area contributed by atoms with Crippen LogP contribution in [0.2, 0.25) is 0 Å². The Morgan fingerprint density at radius 1 is 1.16 bits per heavy atom. The molecule has 0 spiro atoms. The fourth-order valence-corrected chi connectivity index (χ4v) is 4.59. The molecule has 0 aliphatic rings. The molecule has 3 rings (SSSR count). The van der Waals surface area contributed by atoms with Crippen molar-refractivity contribution in [1.82, 2.24) is 10.3 Å². The Labute approximate surface area is 187 Å². The van der Waals surface area contributed by atoms with Crippen molar-refractivity contribution in [2.75, 3.05) is 13.7 Å². The van der Waals surface area contributed by atoms with Gasteiger partial charge in [0.25, 0.3) is 5.91 Å². The molecule has 1 N–H and O–H groups in total. The molecule has 3 aromatic rings. The Morgan fingerprint density at radius 2 is 1.90 bits per heavy atom. The van der Waals surface area contributed by atoms with E-state index in [9.17, 15) is 13.6 Å². The molecule has 0 radical (unpaired) electrons. The van der Waals surface area contributed by atoms with Gasteiger partial charge in [-0.1, -0.05) is 30.0 Å². The number of nitrogens with zero attached hydrogens (tertiary/aromatic N) is 1. The molecule has 31 heavy (non-hydrogen) atoms. The van der Waals surface area contributed by atoms with Crippen molar-refractivity contribution in [3.05, 3.63) is 70.2 Å². The summed E-state index contributed by atoms with van der Waals surface area (Å²) >= 11 is 3.29. The number of aryl methyl sites for hydroxylation is 1. The Kier molecular flexibility index (Phi) is 8.25. The molecule has 0 fully saturated rings. The van der Waals surface area contributed by atoms with E-state index in [1.54, 1.807) is 47.4 Å². The number of carbonyl (C=O) groups is 1. The molecule has 1 aromatic heterocycles. The quantitative estimate of drug-likeness (QED) is 0.411. The number of rotatable bonds is 10. The first kappa shape index (κ1) is 23.0. The minimum atomic E-state index is -2.93. The highest BCUT2D eigenvalue weighted by Crippen LogP contribution is 2.29. The number of thioether (sulfide) groups is 1. The summed E-state index contributed by atoms with van der Waals surface area (Å²) in [5.74, 6) is 0.807. The van der Waals surface area contributed by atoms with Crippen LogP contribution in [-0.4, -0.2) is 31.2 Å². The van der Waals surface area contributed by atoms with Gasteiger partial charge in [-0.15, -0.1) is 11.3 Å². The number of ether oxygens (including phenoxy) is 2. The summed E-state index contributed by atoms with van der Waals surface area (Å²) in [4.78, 5) is 16.8.